The van der Waals surface area contributed by atoms with E-state index in [2.05, 4.69) is 51.0 Å². The first kappa shape index (κ1) is 8.38. The van der Waals surface area contributed by atoms with Gasteiger partial charge in [0.05, 0.1) is 0 Å². The SMILES string of the molecule is CB(c1ccccc1)C(C)C. The molecule has 11 heavy (non-hydrogen) atoms. The van der Waals surface area contributed by atoms with E-state index in [0.717, 1.165) is 5.82 Å². The van der Waals surface area contributed by atoms with Crippen molar-refractivity contribution in [2.24, 2.45) is 0 Å². The van der Waals surface area contributed by atoms with Crippen LogP contribution in [0.5, 0.6) is 0 Å². The van der Waals surface area contributed by atoms with Gasteiger partial charge in [0.15, 0.2) is 6.71 Å². The van der Waals surface area contributed by atoms with E-state index in [-0.39, 0.29) is 0 Å². The van der Waals surface area contributed by atoms with Crippen molar-refractivity contribution in [3.63, 3.8) is 0 Å². The van der Waals surface area contributed by atoms with Crippen molar-refractivity contribution >= 4 is 12.2 Å². The minimum absolute atomic E-state index is 0.677. The van der Waals surface area contributed by atoms with Gasteiger partial charge in [-0.25, -0.2) is 0 Å². The van der Waals surface area contributed by atoms with Gasteiger partial charge in [-0.3, -0.25) is 0 Å². The highest BCUT2D eigenvalue weighted by Crippen LogP contribution is 2.06. The van der Waals surface area contributed by atoms with Gasteiger partial charge >= 0.3 is 0 Å². The van der Waals surface area contributed by atoms with Crippen molar-refractivity contribution in [1.82, 2.24) is 0 Å². The van der Waals surface area contributed by atoms with Crippen LogP contribution in [0.15, 0.2) is 30.3 Å². The highest BCUT2D eigenvalue weighted by molar-refractivity contribution is 6.73. The third-order valence-corrected chi connectivity index (χ3v) is 2.33. The fraction of sp³-hybridized carbons (Fsp3) is 0.400. The Kier molecular flexibility index (Phi) is 2.75. The molecule has 0 amide bonds. The van der Waals surface area contributed by atoms with E-state index >= 15 is 0 Å². The molecule has 0 spiro atoms. The fourth-order valence-electron chi connectivity index (χ4n) is 1.14. The van der Waals surface area contributed by atoms with E-state index < -0.39 is 0 Å². The lowest BCUT2D eigenvalue weighted by Gasteiger charge is -2.11. The first-order chi connectivity index (χ1) is 5.22. The lowest BCUT2D eigenvalue weighted by molar-refractivity contribution is 1.05. The molecule has 0 saturated carbocycles. The summed E-state index contributed by atoms with van der Waals surface area (Å²) in [6.07, 6.45) is 0. The lowest BCUT2D eigenvalue weighted by atomic mass is 9.40. The van der Waals surface area contributed by atoms with Crippen LogP contribution in [0.1, 0.15) is 13.8 Å². The largest absolute Gasteiger partial charge is 0.175 e. The molecule has 0 heterocycles. The van der Waals surface area contributed by atoms with Crippen LogP contribution >= 0.6 is 0 Å². The minimum atomic E-state index is 0.677. The highest BCUT2D eigenvalue weighted by Gasteiger charge is 2.12. The molecule has 1 heteroatoms. The fourth-order valence-corrected chi connectivity index (χ4v) is 1.14. The summed E-state index contributed by atoms with van der Waals surface area (Å²) < 4.78 is 0. The summed E-state index contributed by atoms with van der Waals surface area (Å²) in [6, 6.07) is 10.7. The minimum Gasteiger partial charge on any atom is -0.0815 e. The summed E-state index contributed by atoms with van der Waals surface area (Å²) in [7, 11) is 0. The molecule has 1 rings (SSSR count). The highest BCUT2D eigenvalue weighted by atomic mass is 13.9. The number of benzene rings is 1. The maximum Gasteiger partial charge on any atom is 0.175 e. The summed E-state index contributed by atoms with van der Waals surface area (Å²) in [4.78, 5) is 0. The van der Waals surface area contributed by atoms with Crippen molar-refractivity contribution in [1.29, 1.82) is 0 Å². The molecule has 0 unspecified atom stereocenters. The molecule has 0 bridgehead atoms. The van der Waals surface area contributed by atoms with Crippen molar-refractivity contribution in [2.45, 2.75) is 26.5 Å². The second-order valence-electron chi connectivity index (χ2n) is 3.44. The van der Waals surface area contributed by atoms with Gasteiger partial charge in [-0.1, -0.05) is 62.3 Å². The molecule has 0 atom stereocenters. The average Bonchev–Trinajstić information content (AvgIpc) is 2.05. The maximum absolute atomic E-state index is 2.28. The van der Waals surface area contributed by atoms with E-state index in [1.54, 1.807) is 0 Å². The van der Waals surface area contributed by atoms with Crippen molar-refractivity contribution in [2.75, 3.05) is 0 Å². The Morgan fingerprint density at radius 2 is 1.64 bits per heavy atom. The summed E-state index contributed by atoms with van der Waals surface area (Å²) >= 11 is 0. The van der Waals surface area contributed by atoms with Gasteiger partial charge in [0.25, 0.3) is 0 Å². The van der Waals surface area contributed by atoms with Crippen LogP contribution in [0.2, 0.25) is 12.6 Å². The molecule has 0 saturated heterocycles. The Balaban J connectivity index is 2.77. The topological polar surface area (TPSA) is 0 Å². The van der Waals surface area contributed by atoms with E-state index in [0.29, 0.717) is 6.71 Å². The van der Waals surface area contributed by atoms with Crippen molar-refractivity contribution in [3.8, 4) is 0 Å². The average molecular weight is 146 g/mol. The normalized spacial score (nSPS) is 10.2. The second kappa shape index (κ2) is 3.61. The molecule has 0 aliphatic heterocycles. The molecule has 0 N–H and O–H groups in total. The van der Waals surface area contributed by atoms with E-state index in [9.17, 15) is 0 Å². The van der Waals surface area contributed by atoms with Crippen LogP contribution in [0, 0.1) is 0 Å². The van der Waals surface area contributed by atoms with Gasteiger partial charge < -0.3 is 0 Å². The molecule has 0 radical (unpaired) electrons. The monoisotopic (exact) mass is 146 g/mol. The Hall–Kier alpha value is -0.715. The van der Waals surface area contributed by atoms with Crippen LogP contribution in [0.3, 0.4) is 0 Å². The third-order valence-electron chi connectivity index (χ3n) is 2.33. The molecule has 0 aliphatic carbocycles. The third kappa shape index (κ3) is 2.11. The smallest absolute Gasteiger partial charge is 0.0815 e. The number of rotatable bonds is 2. The quantitative estimate of drug-likeness (QED) is 0.562. The van der Waals surface area contributed by atoms with Crippen LogP contribution in [0.4, 0.5) is 0 Å². The number of hydrogen-bond donors (Lipinski definition) is 0. The summed E-state index contributed by atoms with van der Waals surface area (Å²) in [6.45, 7) is 7.48. The summed E-state index contributed by atoms with van der Waals surface area (Å²) in [5.41, 5.74) is 1.45. The summed E-state index contributed by atoms with van der Waals surface area (Å²) in [5.74, 6) is 0.734. The predicted octanol–water partition coefficient (Wildman–Crippen LogP) is 2.43. The molecule has 1 aromatic rings. The first-order valence-electron chi connectivity index (χ1n) is 4.26. The molecule has 0 fully saturated rings. The molecule has 1 aromatic carbocycles. The number of hydrogen-bond acceptors (Lipinski definition) is 0. The lowest BCUT2D eigenvalue weighted by Crippen LogP contribution is -2.28. The van der Waals surface area contributed by atoms with Gasteiger partial charge in [-0.15, -0.1) is 0 Å². The van der Waals surface area contributed by atoms with Gasteiger partial charge in [0.2, 0.25) is 0 Å². The Morgan fingerprint density at radius 1 is 1.09 bits per heavy atom. The molecule has 0 aromatic heterocycles. The van der Waals surface area contributed by atoms with E-state index in [1.807, 2.05) is 0 Å². The Labute approximate surface area is 69.7 Å². The Bertz CT molecular complexity index is 203. The van der Waals surface area contributed by atoms with Crippen LogP contribution in [-0.4, -0.2) is 6.71 Å². The Morgan fingerprint density at radius 3 is 2.09 bits per heavy atom. The van der Waals surface area contributed by atoms with Crippen LogP contribution in [0.25, 0.3) is 0 Å². The maximum atomic E-state index is 2.28. The second-order valence-corrected chi connectivity index (χ2v) is 3.44. The molecular formula is C10H15B. The van der Waals surface area contributed by atoms with Gasteiger partial charge in [-0.05, 0) is 0 Å². The molecule has 58 valence electrons. The summed E-state index contributed by atoms with van der Waals surface area (Å²) in [5, 5.41) is 0. The predicted molar refractivity (Wildman–Crippen MR) is 52.8 cm³/mol. The molecule has 0 nitrogen and oxygen atoms in total. The van der Waals surface area contributed by atoms with Crippen molar-refractivity contribution < 1.29 is 0 Å². The molecular weight excluding hydrogens is 131 g/mol. The zero-order valence-electron chi connectivity index (χ0n) is 7.54. The van der Waals surface area contributed by atoms with Gasteiger partial charge in [0.1, 0.15) is 0 Å². The molecule has 0 aliphatic rings. The van der Waals surface area contributed by atoms with Gasteiger partial charge in [0, 0.05) is 0 Å². The van der Waals surface area contributed by atoms with Gasteiger partial charge in [-0.2, -0.15) is 0 Å². The van der Waals surface area contributed by atoms with E-state index in [4.69, 9.17) is 0 Å². The zero-order chi connectivity index (χ0) is 8.27. The van der Waals surface area contributed by atoms with E-state index in [1.165, 1.54) is 5.46 Å². The standard InChI is InChI=1S/C10H15B/c1-9(2)11(3)10-7-5-4-6-8-10/h4-9H,1-3H3. The van der Waals surface area contributed by atoms with Crippen LogP contribution < -0.4 is 5.46 Å². The first-order valence-corrected chi connectivity index (χ1v) is 4.26. The zero-order valence-corrected chi connectivity index (χ0v) is 7.54. The van der Waals surface area contributed by atoms with Crippen molar-refractivity contribution in [3.05, 3.63) is 30.3 Å². The van der Waals surface area contributed by atoms with Crippen LogP contribution in [-0.2, 0) is 0 Å².